The lowest BCUT2D eigenvalue weighted by atomic mass is 9.86. The van der Waals surface area contributed by atoms with E-state index < -0.39 is 5.54 Å². The monoisotopic (exact) mass is 311 g/mol. The van der Waals surface area contributed by atoms with Gasteiger partial charge in [0, 0.05) is 17.5 Å². The molecule has 3 rings (SSSR count). The molecule has 0 saturated heterocycles. The Morgan fingerprint density at radius 1 is 1.00 bits per heavy atom. The summed E-state index contributed by atoms with van der Waals surface area (Å²) in [5.74, 6) is 1.61. The van der Waals surface area contributed by atoms with E-state index in [4.69, 9.17) is 9.47 Å². The summed E-state index contributed by atoms with van der Waals surface area (Å²) in [5, 5.41) is 3.04. The number of carbonyl (C=O) groups excluding carboxylic acids is 1. The normalized spacial score (nSPS) is 15.0. The van der Waals surface area contributed by atoms with Crippen LogP contribution in [0.2, 0.25) is 0 Å². The molecule has 120 valence electrons. The number of hydrogen-bond acceptors (Lipinski definition) is 3. The van der Waals surface area contributed by atoms with Crippen LogP contribution < -0.4 is 14.8 Å². The number of rotatable bonds is 4. The summed E-state index contributed by atoms with van der Waals surface area (Å²) in [6, 6.07) is 11.7. The molecule has 0 unspecified atom stereocenters. The zero-order valence-corrected chi connectivity index (χ0v) is 13.9. The van der Waals surface area contributed by atoms with E-state index in [2.05, 4.69) is 5.32 Å². The van der Waals surface area contributed by atoms with Crippen LogP contribution in [0.1, 0.15) is 40.9 Å². The van der Waals surface area contributed by atoms with Crippen LogP contribution in [-0.2, 0) is 12.0 Å². The second-order valence-electron chi connectivity index (χ2n) is 6.27. The molecule has 0 radical (unpaired) electrons. The van der Waals surface area contributed by atoms with Crippen molar-refractivity contribution in [3.8, 4) is 11.5 Å². The van der Waals surface area contributed by atoms with E-state index in [9.17, 15) is 4.79 Å². The highest BCUT2D eigenvalue weighted by Gasteiger charge is 2.38. The molecule has 1 aliphatic heterocycles. The number of carbonyl (C=O) groups is 1. The molecule has 0 aromatic heterocycles. The Morgan fingerprint density at radius 3 is 2.30 bits per heavy atom. The van der Waals surface area contributed by atoms with Crippen LogP contribution in [0.5, 0.6) is 11.5 Å². The minimum absolute atomic E-state index is 0.0244. The Balaban J connectivity index is 2.08. The minimum atomic E-state index is -0.400. The zero-order chi connectivity index (χ0) is 16.6. The van der Waals surface area contributed by atoms with Gasteiger partial charge in [-0.2, -0.15) is 0 Å². The van der Waals surface area contributed by atoms with E-state index in [0.29, 0.717) is 6.42 Å². The molecule has 0 saturated carbocycles. The van der Waals surface area contributed by atoms with E-state index in [1.165, 1.54) is 0 Å². The molecule has 2 aromatic rings. The lowest BCUT2D eigenvalue weighted by Gasteiger charge is -2.23. The number of nitrogens with one attached hydrogen (secondary N) is 1. The van der Waals surface area contributed by atoms with Crippen LogP contribution in [0.3, 0.4) is 0 Å². The van der Waals surface area contributed by atoms with Gasteiger partial charge in [-0.15, -0.1) is 0 Å². The average molecular weight is 311 g/mol. The molecule has 0 spiro atoms. The largest absolute Gasteiger partial charge is 0.497 e. The predicted octanol–water partition coefficient (Wildman–Crippen LogP) is 3.27. The van der Waals surface area contributed by atoms with Gasteiger partial charge in [0.15, 0.2) is 0 Å². The van der Waals surface area contributed by atoms with Crippen LogP contribution in [-0.4, -0.2) is 20.1 Å². The van der Waals surface area contributed by atoms with Gasteiger partial charge in [0.05, 0.1) is 19.8 Å². The summed E-state index contributed by atoms with van der Waals surface area (Å²) in [6.07, 6.45) is 0.703. The quantitative estimate of drug-likeness (QED) is 0.942. The smallest absolute Gasteiger partial charge is 0.252 e. The number of hydrogen-bond donors (Lipinski definition) is 1. The van der Waals surface area contributed by atoms with Crippen molar-refractivity contribution in [2.45, 2.75) is 25.8 Å². The molecule has 0 fully saturated rings. The standard InChI is InChI=1S/C19H21NO3/c1-19(2)17-14(18(21)20-19)9-10-16(23-4)15(17)11-12-5-7-13(22-3)8-6-12/h5-10H,11H2,1-4H3,(H,20,21). The highest BCUT2D eigenvalue weighted by Crippen LogP contribution is 2.39. The number of fused-ring (bicyclic) bond motifs is 1. The first kappa shape index (κ1) is 15.4. The molecule has 2 aromatic carbocycles. The summed E-state index contributed by atoms with van der Waals surface area (Å²) >= 11 is 0. The second-order valence-corrected chi connectivity index (χ2v) is 6.27. The van der Waals surface area contributed by atoms with Gasteiger partial charge >= 0.3 is 0 Å². The summed E-state index contributed by atoms with van der Waals surface area (Å²) in [5.41, 5.74) is 3.56. The molecule has 0 bridgehead atoms. The van der Waals surface area contributed by atoms with Crippen molar-refractivity contribution in [2.24, 2.45) is 0 Å². The first-order valence-corrected chi connectivity index (χ1v) is 7.62. The molecule has 0 atom stereocenters. The van der Waals surface area contributed by atoms with Crippen molar-refractivity contribution in [3.63, 3.8) is 0 Å². The Morgan fingerprint density at radius 2 is 1.70 bits per heavy atom. The maximum atomic E-state index is 12.2. The first-order valence-electron chi connectivity index (χ1n) is 7.62. The summed E-state index contributed by atoms with van der Waals surface area (Å²) < 4.78 is 10.8. The van der Waals surface area contributed by atoms with E-state index in [1.807, 2.05) is 50.2 Å². The van der Waals surface area contributed by atoms with E-state index in [-0.39, 0.29) is 5.91 Å². The Hall–Kier alpha value is -2.49. The maximum Gasteiger partial charge on any atom is 0.252 e. The number of benzene rings is 2. The van der Waals surface area contributed by atoms with Gasteiger partial charge in [0.1, 0.15) is 11.5 Å². The molecule has 4 heteroatoms. The van der Waals surface area contributed by atoms with Gasteiger partial charge in [0.2, 0.25) is 0 Å². The molecule has 23 heavy (non-hydrogen) atoms. The van der Waals surface area contributed by atoms with Crippen molar-refractivity contribution in [3.05, 3.63) is 58.7 Å². The van der Waals surface area contributed by atoms with E-state index in [1.54, 1.807) is 14.2 Å². The van der Waals surface area contributed by atoms with Gasteiger partial charge in [-0.1, -0.05) is 12.1 Å². The van der Waals surface area contributed by atoms with Gasteiger partial charge in [0.25, 0.3) is 5.91 Å². The zero-order valence-electron chi connectivity index (χ0n) is 13.9. The lowest BCUT2D eigenvalue weighted by Crippen LogP contribution is -2.33. The molecular formula is C19H21NO3. The minimum Gasteiger partial charge on any atom is -0.497 e. The van der Waals surface area contributed by atoms with Crippen LogP contribution >= 0.6 is 0 Å². The maximum absolute atomic E-state index is 12.2. The van der Waals surface area contributed by atoms with Crippen molar-refractivity contribution < 1.29 is 14.3 Å². The van der Waals surface area contributed by atoms with Crippen molar-refractivity contribution >= 4 is 5.91 Å². The molecular weight excluding hydrogens is 290 g/mol. The highest BCUT2D eigenvalue weighted by molar-refractivity contribution is 6.00. The van der Waals surface area contributed by atoms with Gasteiger partial charge in [-0.3, -0.25) is 4.79 Å². The summed E-state index contributed by atoms with van der Waals surface area (Å²) in [7, 11) is 3.32. The first-order chi connectivity index (χ1) is 11.0. The SMILES string of the molecule is COc1ccc(Cc2c(OC)ccc3c2C(C)(C)NC3=O)cc1. The predicted molar refractivity (Wildman–Crippen MR) is 89.3 cm³/mol. The Bertz CT molecular complexity index is 748. The Kier molecular flexibility index (Phi) is 3.76. The van der Waals surface area contributed by atoms with E-state index >= 15 is 0 Å². The van der Waals surface area contributed by atoms with Gasteiger partial charge in [-0.25, -0.2) is 0 Å². The van der Waals surface area contributed by atoms with Crippen LogP contribution in [0, 0.1) is 0 Å². The molecule has 1 N–H and O–H groups in total. The third-order valence-corrected chi connectivity index (χ3v) is 4.33. The van der Waals surface area contributed by atoms with Gasteiger partial charge in [-0.05, 0) is 49.2 Å². The van der Waals surface area contributed by atoms with Crippen molar-refractivity contribution in [2.75, 3.05) is 14.2 Å². The number of ether oxygens (including phenoxy) is 2. The summed E-state index contributed by atoms with van der Waals surface area (Å²) in [4.78, 5) is 12.2. The average Bonchev–Trinajstić information content (AvgIpc) is 2.78. The van der Waals surface area contributed by atoms with Crippen molar-refractivity contribution in [1.82, 2.24) is 5.32 Å². The second kappa shape index (κ2) is 5.61. The lowest BCUT2D eigenvalue weighted by molar-refractivity contribution is 0.0940. The fourth-order valence-electron chi connectivity index (χ4n) is 3.26. The van der Waals surface area contributed by atoms with Crippen LogP contribution in [0.15, 0.2) is 36.4 Å². The van der Waals surface area contributed by atoms with E-state index in [0.717, 1.165) is 33.8 Å². The molecule has 4 nitrogen and oxygen atoms in total. The van der Waals surface area contributed by atoms with Crippen LogP contribution in [0.4, 0.5) is 0 Å². The summed E-state index contributed by atoms with van der Waals surface area (Å²) in [6.45, 7) is 4.04. The third-order valence-electron chi connectivity index (χ3n) is 4.33. The topological polar surface area (TPSA) is 47.6 Å². The highest BCUT2D eigenvalue weighted by atomic mass is 16.5. The molecule has 1 amide bonds. The number of methoxy groups -OCH3 is 2. The van der Waals surface area contributed by atoms with Crippen molar-refractivity contribution in [1.29, 1.82) is 0 Å². The number of amides is 1. The molecule has 1 aliphatic rings. The fourth-order valence-corrected chi connectivity index (χ4v) is 3.26. The third kappa shape index (κ3) is 2.65. The fraction of sp³-hybridized carbons (Fsp3) is 0.316. The molecule has 0 aliphatic carbocycles. The van der Waals surface area contributed by atoms with Gasteiger partial charge < -0.3 is 14.8 Å². The Labute approximate surface area is 136 Å². The van der Waals surface area contributed by atoms with Crippen LogP contribution in [0.25, 0.3) is 0 Å². The molecule has 1 heterocycles.